The van der Waals surface area contributed by atoms with E-state index >= 15 is 0 Å². The summed E-state index contributed by atoms with van der Waals surface area (Å²) in [6, 6.07) is 0.870. The van der Waals surface area contributed by atoms with Crippen molar-refractivity contribution < 1.29 is 4.79 Å². The van der Waals surface area contributed by atoms with Crippen LogP contribution in [0.3, 0.4) is 0 Å². The third-order valence-electron chi connectivity index (χ3n) is 2.57. The summed E-state index contributed by atoms with van der Waals surface area (Å²) < 4.78 is 0. The summed E-state index contributed by atoms with van der Waals surface area (Å²) in [5, 5.41) is 6.02. The lowest BCUT2D eigenvalue weighted by Crippen LogP contribution is -2.42. The minimum absolute atomic E-state index is 0.0627. The van der Waals surface area contributed by atoms with Crippen LogP contribution in [0.15, 0.2) is 0 Å². The lowest BCUT2D eigenvalue weighted by atomic mass is 10.2. The minimum Gasteiger partial charge on any atom is -0.338 e. The van der Waals surface area contributed by atoms with Gasteiger partial charge in [0.25, 0.3) is 0 Å². The first-order valence-corrected chi connectivity index (χ1v) is 4.90. The molecule has 1 fully saturated rings. The van der Waals surface area contributed by atoms with Crippen LogP contribution in [-0.4, -0.2) is 43.2 Å². The standard InChI is InChI=1S/C9H19N3O/c1-4-11-9(13)12-6-8(10-3)5-7(12)2/h7-8,10H,4-6H2,1-3H3,(H,11,13). The van der Waals surface area contributed by atoms with Crippen molar-refractivity contribution in [3.63, 3.8) is 0 Å². The highest BCUT2D eigenvalue weighted by molar-refractivity contribution is 5.74. The molecule has 2 amide bonds. The van der Waals surface area contributed by atoms with Crippen LogP contribution in [-0.2, 0) is 0 Å². The summed E-state index contributed by atoms with van der Waals surface area (Å²) in [6.07, 6.45) is 1.05. The molecule has 0 saturated carbocycles. The van der Waals surface area contributed by atoms with Gasteiger partial charge >= 0.3 is 6.03 Å². The van der Waals surface area contributed by atoms with E-state index in [1.54, 1.807) is 0 Å². The molecule has 0 bridgehead atoms. The quantitative estimate of drug-likeness (QED) is 0.654. The van der Waals surface area contributed by atoms with Crippen molar-refractivity contribution >= 4 is 6.03 Å². The van der Waals surface area contributed by atoms with E-state index in [1.165, 1.54) is 0 Å². The zero-order valence-electron chi connectivity index (χ0n) is 8.63. The second-order valence-electron chi connectivity index (χ2n) is 3.56. The molecular weight excluding hydrogens is 166 g/mol. The Kier molecular flexibility index (Phi) is 3.54. The van der Waals surface area contributed by atoms with E-state index in [4.69, 9.17) is 0 Å². The number of nitrogens with one attached hydrogen (secondary N) is 2. The Labute approximate surface area is 79.7 Å². The molecule has 76 valence electrons. The minimum atomic E-state index is 0.0627. The zero-order chi connectivity index (χ0) is 9.84. The van der Waals surface area contributed by atoms with E-state index in [0.717, 1.165) is 13.0 Å². The van der Waals surface area contributed by atoms with Crippen LogP contribution in [0.2, 0.25) is 0 Å². The van der Waals surface area contributed by atoms with Gasteiger partial charge in [0.05, 0.1) is 0 Å². The number of hydrogen-bond acceptors (Lipinski definition) is 2. The number of amides is 2. The van der Waals surface area contributed by atoms with Crippen molar-refractivity contribution in [3.8, 4) is 0 Å². The maximum atomic E-state index is 11.5. The molecule has 4 heteroatoms. The second kappa shape index (κ2) is 4.46. The number of likely N-dealkylation sites (tertiary alicyclic amines) is 1. The maximum absolute atomic E-state index is 11.5. The first-order valence-electron chi connectivity index (χ1n) is 4.90. The van der Waals surface area contributed by atoms with Gasteiger partial charge in [0.2, 0.25) is 0 Å². The normalized spacial score (nSPS) is 27.8. The smallest absolute Gasteiger partial charge is 0.317 e. The van der Waals surface area contributed by atoms with Crippen LogP contribution >= 0.6 is 0 Å². The van der Waals surface area contributed by atoms with Crippen molar-refractivity contribution in [1.29, 1.82) is 0 Å². The van der Waals surface area contributed by atoms with Crippen LogP contribution in [0.5, 0.6) is 0 Å². The van der Waals surface area contributed by atoms with Crippen LogP contribution in [0, 0.1) is 0 Å². The number of rotatable bonds is 2. The van der Waals surface area contributed by atoms with E-state index in [0.29, 0.717) is 18.6 Å². The summed E-state index contributed by atoms with van der Waals surface area (Å²) in [6.45, 7) is 5.55. The molecule has 1 saturated heterocycles. The van der Waals surface area contributed by atoms with Crippen LogP contribution in [0.4, 0.5) is 4.79 Å². The third kappa shape index (κ3) is 2.34. The Hall–Kier alpha value is -0.770. The fraction of sp³-hybridized carbons (Fsp3) is 0.889. The Morgan fingerprint density at radius 3 is 2.77 bits per heavy atom. The third-order valence-corrected chi connectivity index (χ3v) is 2.57. The van der Waals surface area contributed by atoms with E-state index < -0.39 is 0 Å². The molecule has 0 aromatic carbocycles. The van der Waals surface area contributed by atoms with Crippen molar-refractivity contribution in [3.05, 3.63) is 0 Å². The summed E-state index contributed by atoms with van der Waals surface area (Å²) in [4.78, 5) is 13.4. The highest BCUT2D eigenvalue weighted by Gasteiger charge is 2.30. The fourth-order valence-electron chi connectivity index (χ4n) is 1.78. The molecule has 4 nitrogen and oxygen atoms in total. The lowest BCUT2D eigenvalue weighted by Gasteiger charge is -2.21. The molecule has 2 atom stereocenters. The number of carbonyl (C=O) groups excluding carboxylic acids is 1. The second-order valence-corrected chi connectivity index (χ2v) is 3.56. The molecule has 1 heterocycles. The molecule has 1 aliphatic heterocycles. The molecule has 1 aliphatic rings. The summed E-state index contributed by atoms with van der Waals surface area (Å²) in [5.41, 5.74) is 0. The molecule has 13 heavy (non-hydrogen) atoms. The van der Waals surface area contributed by atoms with Crippen LogP contribution < -0.4 is 10.6 Å². The molecule has 0 aliphatic carbocycles. The van der Waals surface area contributed by atoms with E-state index in [-0.39, 0.29) is 6.03 Å². The van der Waals surface area contributed by atoms with E-state index in [2.05, 4.69) is 17.6 Å². The van der Waals surface area contributed by atoms with Gasteiger partial charge in [0, 0.05) is 25.2 Å². The zero-order valence-corrected chi connectivity index (χ0v) is 8.63. The van der Waals surface area contributed by atoms with Crippen LogP contribution in [0.25, 0.3) is 0 Å². The molecular formula is C9H19N3O. The number of nitrogens with zero attached hydrogens (tertiary/aromatic N) is 1. The van der Waals surface area contributed by atoms with E-state index in [1.807, 2.05) is 18.9 Å². The number of urea groups is 1. The van der Waals surface area contributed by atoms with Gasteiger partial charge in [-0.2, -0.15) is 0 Å². The SMILES string of the molecule is CCNC(=O)N1CC(NC)CC1C. The predicted molar refractivity (Wildman–Crippen MR) is 52.7 cm³/mol. The largest absolute Gasteiger partial charge is 0.338 e. The number of hydrogen-bond donors (Lipinski definition) is 2. The van der Waals surface area contributed by atoms with Crippen molar-refractivity contribution in [2.24, 2.45) is 0 Å². The van der Waals surface area contributed by atoms with Gasteiger partial charge < -0.3 is 15.5 Å². The molecule has 2 N–H and O–H groups in total. The molecule has 1 rings (SSSR count). The van der Waals surface area contributed by atoms with Crippen molar-refractivity contribution in [1.82, 2.24) is 15.5 Å². The Bertz CT molecular complexity index is 184. The maximum Gasteiger partial charge on any atom is 0.317 e. The Morgan fingerprint density at radius 1 is 1.62 bits per heavy atom. The molecule has 0 radical (unpaired) electrons. The summed E-state index contributed by atoms with van der Waals surface area (Å²) in [7, 11) is 1.94. The first kappa shape index (κ1) is 10.3. The Morgan fingerprint density at radius 2 is 2.31 bits per heavy atom. The summed E-state index contributed by atoms with van der Waals surface area (Å²) in [5.74, 6) is 0. The predicted octanol–water partition coefficient (Wildman–Crippen LogP) is 0.398. The highest BCUT2D eigenvalue weighted by atomic mass is 16.2. The molecule has 0 spiro atoms. The highest BCUT2D eigenvalue weighted by Crippen LogP contribution is 2.16. The topological polar surface area (TPSA) is 44.4 Å². The number of carbonyl (C=O) groups is 1. The van der Waals surface area contributed by atoms with Gasteiger partial charge in [-0.05, 0) is 27.3 Å². The monoisotopic (exact) mass is 185 g/mol. The van der Waals surface area contributed by atoms with Gasteiger partial charge in [-0.15, -0.1) is 0 Å². The van der Waals surface area contributed by atoms with Gasteiger partial charge in [0.1, 0.15) is 0 Å². The average Bonchev–Trinajstić information content (AvgIpc) is 2.47. The van der Waals surface area contributed by atoms with Gasteiger partial charge in [-0.1, -0.05) is 0 Å². The van der Waals surface area contributed by atoms with Crippen LogP contribution in [0.1, 0.15) is 20.3 Å². The number of likely N-dealkylation sites (N-methyl/N-ethyl adjacent to an activating group) is 1. The van der Waals surface area contributed by atoms with Gasteiger partial charge in [0.15, 0.2) is 0 Å². The lowest BCUT2D eigenvalue weighted by molar-refractivity contribution is 0.196. The van der Waals surface area contributed by atoms with E-state index in [9.17, 15) is 4.79 Å². The Balaban J connectivity index is 2.46. The van der Waals surface area contributed by atoms with Crippen molar-refractivity contribution in [2.45, 2.75) is 32.4 Å². The van der Waals surface area contributed by atoms with Crippen molar-refractivity contribution in [2.75, 3.05) is 20.1 Å². The van der Waals surface area contributed by atoms with Gasteiger partial charge in [-0.3, -0.25) is 0 Å². The molecule has 2 unspecified atom stereocenters. The average molecular weight is 185 g/mol. The first-order chi connectivity index (χ1) is 6.19. The molecule has 0 aromatic rings. The van der Waals surface area contributed by atoms with Gasteiger partial charge in [-0.25, -0.2) is 4.79 Å². The fourth-order valence-corrected chi connectivity index (χ4v) is 1.78. The molecule has 0 aromatic heterocycles. The summed E-state index contributed by atoms with van der Waals surface area (Å²) >= 11 is 0.